The molecule has 30 heavy (non-hydrogen) atoms. The first-order chi connectivity index (χ1) is 14.4. The van der Waals surface area contributed by atoms with Crippen LogP contribution in [0.3, 0.4) is 0 Å². The summed E-state index contributed by atoms with van der Waals surface area (Å²) in [5.74, 6) is 0.334. The van der Waals surface area contributed by atoms with Crippen molar-refractivity contribution in [3.63, 3.8) is 0 Å². The maximum Gasteiger partial charge on any atom is 0.329 e. The van der Waals surface area contributed by atoms with Gasteiger partial charge >= 0.3 is 5.97 Å². The Morgan fingerprint density at radius 1 is 1.10 bits per heavy atom. The van der Waals surface area contributed by atoms with E-state index in [4.69, 9.17) is 9.47 Å². The van der Waals surface area contributed by atoms with Crippen molar-refractivity contribution in [3.05, 3.63) is 58.6 Å². The van der Waals surface area contributed by atoms with E-state index in [0.717, 1.165) is 29.3 Å². The van der Waals surface area contributed by atoms with Gasteiger partial charge in [0, 0.05) is 10.5 Å². The third-order valence-electron chi connectivity index (χ3n) is 5.12. The maximum absolute atomic E-state index is 12.4. The van der Waals surface area contributed by atoms with Gasteiger partial charge in [-0.15, -0.1) is 0 Å². The Labute approximate surface area is 184 Å². The summed E-state index contributed by atoms with van der Waals surface area (Å²) < 4.78 is 12.2. The van der Waals surface area contributed by atoms with Gasteiger partial charge in [0.1, 0.15) is 11.3 Å². The molecular formula is C23H24BrNO5. The van der Waals surface area contributed by atoms with Crippen LogP contribution in [0.2, 0.25) is 0 Å². The average Bonchev–Trinajstić information content (AvgIpc) is 2.73. The summed E-state index contributed by atoms with van der Waals surface area (Å²) in [5.41, 5.74) is -0.435. The molecule has 1 aliphatic rings. The number of hydrogen-bond donors (Lipinski definition) is 2. The summed E-state index contributed by atoms with van der Waals surface area (Å²) in [7, 11) is 1.54. The Hall–Kier alpha value is -2.80. The van der Waals surface area contributed by atoms with Crippen LogP contribution < -0.4 is 14.8 Å². The van der Waals surface area contributed by atoms with E-state index in [2.05, 4.69) is 21.2 Å². The molecule has 6 nitrogen and oxygen atoms in total. The quantitative estimate of drug-likeness (QED) is 0.541. The number of nitrogens with one attached hydrogen (secondary N) is 1. The number of benzene rings is 2. The van der Waals surface area contributed by atoms with Crippen molar-refractivity contribution in [3.8, 4) is 17.2 Å². The molecule has 1 amide bonds. The van der Waals surface area contributed by atoms with Gasteiger partial charge in [0.25, 0.3) is 0 Å². The summed E-state index contributed by atoms with van der Waals surface area (Å²) in [6, 6.07) is 12.8. The molecule has 158 valence electrons. The van der Waals surface area contributed by atoms with Crippen molar-refractivity contribution >= 4 is 33.9 Å². The molecule has 0 aliphatic heterocycles. The van der Waals surface area contributed by atoms with Gasteiger partial charge in [-0.3, -0.25) is 4.79 Å². The Kier molecular flexibility index (Phi) is 7.15. The van der Waals surface area contributed by atoms with Crippen LogP contribution in [-0.4, -0.2) is 29.6 Å². The van der Waals surface area contributed by atoms with Crippen LogP contribution >= 0.6 is 15.9 Å². The molecule has 1 aliphatic carbocycles. The van der Waals surface area contributed by atoms with Crippen molar-refractivity contribution in [1.29, 1.82) is 0 Å². The molecule has 0 bridgehead atoms. The molecule has 0 radical (unpaired) electrons. The van der Waals surface area contributed by atoms with Crippen LogP contribution in [0.25, 0.3) is 6.08 Å². The second kappa shape index (κ2) is 9.80. The number of hydrogen-bond acceptors (Lipinski definition) is 4. The average molecular weight is 474 g/mol. The van der Waals surface area contributed by atoms with Gasteiger partial charge in [-0.1, -0.05) is 47.3 Å². The topological polar surface area (TPSA) is 84.9 Å². The van der Waals surface area contributed by atoms with Crippen LogP contribution in [0, 0.1) is 0 Å². The Balaban J connectivity index is 1.70. The highest BCUT2D eigenvalue weighted by atomic mass is 79.9. The molecule has 0 heterocycles. The lowest BCUT2D eigenvalue weighted by Crippen LogP contribution is -2.55. The molecule has 1 fully saturated rings. The number of halogens is 1. The van der Waals surface area contributed by atoms with Crippen LogP contribution in [-0.2, 0) is 9.59 Å². The zero-order valence-electron chi connectivity index (χ0n) is 16.7. The van der Waals surface area contributed by atoms with E-state index in [-0.39, 0.29) is 0 Å². The fourth-order valence-electron chi connectivity index (χ4n) is 3.53. The first kappa shape index (κ1) is 21.9. The van der Waals surface area contributed by atoms with Crippen molar-refractivity contribution < 1.29 is 24.2 Å². The molecule has 2 aromatic carbocycles. The number of carboxylic acids is 1. The van der Waals surface area contributed by atoms with Crippen LogP contribution in [0.5, 0.6) is 17.2 Å². The molecule has 0 saturated heterocycles. The number of ether oxygens (including phenoxy) is 2. The van der Waals surface area contributed by atoms with Crippen LogP contribution in [0.15, 0.2) is 53.0 Å². The van der Waals surface area contributed by atoms with Gasteiger partial charge in [-0.2, -0.15) is 0 Å². The minimum Gasteiger partial charge on any atom is -0.493 e. The SMILES string of the molecule is COc1cc(/C=C/C(=O)NC2(C(=O)O)CCCCC2)ccc1Oc1cccc(Br)c1. The second-order valence-corrected chi connectivity index (χ2v) is 8.16. The number of rotatable bonds is 7. The number of carboxylic acid groups (broad SMARTS) is 1. The van der Waals surface area contributed by atoms with Gasteiger partial charge in [-0.25, -0.2) is 4.79 Å². The van der Waals surface area contributed by atoms with E-state index < -0.39 is 17.4 Å². The Morgan fingerprint density at radius 2 is 1.87 bits per heavy atom. The molecule has 3 rings (SSSR count). The van der Waals surface area contributed by atoms with Crippen molar-refractivity contribution in [2.75, 3.05) is 7.11 Å². The highest BCUT2D eigenvalue weighted by molar-refractivity contribution is 9.10. The highest BCUT2D eigenvalue weighted by Gasteiger charge is 2.40. The first-order valence-corrected chi connectivity index (χ1v) is 10.6. The monoisotopic (exact) mass is 473 g/mol. The first-order valence-electron chi connectivity index (χ1n) is 9.77. The molecule has 0 aromatic heterocycles. The molecule has 2 aromatic rings. The van der Waals surface area contributed by atoms with Gasteiger partial charge in [0.05, 0.1) is 7.11 Å². The Morgan fingerprint density at radius 3 is 2.53 bits per heavy atom. The van der Waals surface area contributed by atoms with Crippen LogP contribution in [0.4, 0.5) is 0 Å². The number of amides is 1. The number of aliphatic carboxylic acids is 1. The zero-order valence-corrected chi connectivity index (χ0v) is 18.3. The van der Waals surface area contributed by atoms with Gasteiger partial charge in [0.15, 0.2) is 11.5 Å². The molecule has 1 saturated carbocycles. The second-order valence-electron chi connectivity index (χ2n) is 7.24. The van der Waals surface area contributed by atoms with E-state index in [1.165, 1.54) is 6.08 Å². The Bertz CT molecular complexity index is 950. The van der Waals surface area contributed by atoms with Crippen molar-refractivity contribution in [1.82, 2.24) is 5.32 Å². The number of methoxy groups -OCH3 is 1. The standard InChI is InChI=1S/C23H24BrNO5/c1-29-20-14-16(8-10-19(20)30-18-7-5-6-17(24)15-18)9-11-21(26)25-23(22(27)28)12-3-2-4-13-23/h5-11,14-15H,2-4,12-13H2,1H3,(H,25,26)(H,27,28)/b11-9+. The zero-order chi connectivity index (χ0) is 21.6. The van der Waals surface area contributed by atoms with E-state index in [0.29, 0.717) is 30.1 Å². The van der Waals surface area contributed by atoms with E-state index in [1.807, 2.05) is 24.3 Å². The normalized spacial score (nSPS) is 15.5. The largest absolute Gasteiger partial charge is 0.493 e. The van der Waals surface area contributed by atoms with Gasteiger partial charge in [-0.05, 0) is 54.8 Å². The number of carbonyl (C=O) groups is 2. The molecule has 0 atom stereocenters. The minimum atomic E-state index is -1.17. The fraction of sp³-hybridized carbons (Fsp3) is 0.304. The van der Waals surface area contributed by atoms with E-state index in [9.17, 15) is 14.7 Å². The molecule has 2 N–H and O–H groups in total. The third kappa shape index (κ3) is 5.42. The summed E-state index contributed by atoms with van der Waals surface area (Å²) in [6.45, 7) is 0. The predicted octanol–water partition coefficient (Wildman–Crippen LogP) is 5.17. The van der Waals surface area contributed by atoms with Gasteiger partial charge in [0.2, 0.25) is 5.91 Å². The molecular weight excluding hydrogens is 450 g/mol. The van der Waals surface area contributed by atoms with E-state index >= 15 is 0 Å². The maximum atomic E-state index is 12.4. The lowest BCUT2D eigenvalue weighted by Gasteiger charge is -2.33. The smallest absolute Gasteiger partial charge is 0.329 e. The fourth-order valence-corrected chi connectivity index (χ4v) is 3.90. The predicted molar refractivity (Wildman–Crippen MR) is 118 cm³/mol. The molecule has 0 spiro atoms. The summed E-state index contributed by atoms with van der Waals surface area (Å²) in [6.07, 6.45) is 6.48. The minimum absolute atomic E-state index is 0.423. The summed E-state index contributed by atoms with van der Waals surface area (Å²) in [4.78, 5) is 24.1. The van der Waals surface area contributed by atoms with Crippen LogP contribution in [0.1, 0.15) is 37.7 Å². The van der Waals surface area contributed by atoms with Crippen molar-refractivity contribution in [2.24, 2.45) is 0 Å². The lowest BCUT2D eigenvalue weighted by molar-refractivity contribution is -0.148. The summed E-state index contributed by atoms with van der Waals surface area (Å²) in [5, 5.41) is 12.3. The summed E-state index contributed by atoms with van der Waals surface area (Å²) >= 11 is 3.41. The molecule has 0 unspecified atom stereocenters. The molecule has 7 heteroatoms. The third-order valence-corrected chi connectivity index (χ3v) is 5.61. The van der Waals surface area contributed by atoms with E-state index in [1.54, 1.807) is 31.4 Å². The lowest BCUT2D eigenvalue weighted by atomic mass is 9.81. The highest BCUT2D eigenvalue weighted by Crippen LogP contribution is 2.33. The van der Waals surface area contributed by atoms with Gasteiger partial charge < -0.3 is 19.9 Å². The van der Waals surface area contributed by atoms with Crippen molar-refractivity contribution in [2.45, 2.75) is 37.6 Å². The number of carbonyl (C=O) groups excluding carboxylic acids is 1.